The molecule has 0 aliphatic carbocycles. The van der Waals surface area contributed by atoms with E-state index in [-0.39, 0.29) is 6.54 Å². The average molecular weight is 414 g/mol. The third kappa shape index (κ3) is 6.80. The zero-order valence-corrected chi connectivity index (χ0v) is 17.3. The minimum atomic E-state index is -0.975. The molecule has 0 unspecified atom stereocenters. The monoisotopic (exact) mass is 414 g/mol. The summed E-state index contributed by atoms with van der Waals surface area (Å²) in [5.41, 5.74) is 1.34. The fourth-order valence-corrected chi connectivity index (χ4v) is 2.64. The quantitative estimate of drug-likeness (QED) is 0.574. The summed E-state index contributed by atoms with van der Waals surface area (Å²) in [5, 5.41) is 5.18. The van der Waals surface area contributed by atoms with Crippen molar-refractivity contribution in [1.82, 2.24) is 10.6 Å². The molecule has 1 atom stereocenters. The lowest BCUT2D eigenvalue weighted by molar-refractivity contribution is -0.153. The number of benzene rings is 2. The van der Waals surface area contributed by atoms with Crippen LogP contribution in [0, 0.1) is 0 Å². The van der Waals surface area contributed by atoms with Crippen molar-refractivity contribution in [1.29, 1.82) is 0 Å². The Morgan fingerprint density at radius 3 is 2.30 bits per heavy atom. The molecule has 0 aliphatic heterocycles. The molecule has 0 bridgehead atoms. The molecule has 0 aromatic heterocycles. The van der Waals surface area contributed by atoms with Crippen LogP contribution in [0.5, 0.6) is 11.5 Å². The number of hydrogen-bond acceptors (Lipinski definition) is 6. The minimum absolute atomic E-state index is 0.303. The van der Waals surface area contributed by atoms with Crippen molar-refractivity contribution in [2.75, 3.05) is 27.3 Å². The molecule has 0 spiro atoms. The van der Waals surface area contributed by atoms with Crippen LogP contribution in [-0.2, 0) is 20.7 Å². The van der Waals surface area contributed by atoms with Gasteiger partial charge in [0.15, 0.2) is 6.10 Å². The van der Waals surface area contributed by atoms with Crippen LogP contribution in [0.25, 0.3) is 0 Å². The van der Waals surface area contributed by atoms with Crippen LogP contribution in [0.2, 0.25) is 0 Å². The first-order chi connectivity index (χ1) is 14.4. The lowest BCUT2D eigenvalue weighted by Gasteiger charge is -2.14. The van der Waals surface area contributed by atoms with Gasteiger partial charge >= 0.3 is 5.97 Å². The normalized spacial score (nSPS) is 11.2. The second-order valence-corrected chi connectivity index (χ2v) is 6.40. The average Bonchev–Trinajstić information content (AvgIpc) is 2.77. The van der Waals surface area contributed by atoms with E-state index in [1.165, 1.54) is 14.0 Å². The smallest absolute Gasteiger partial charge is 0.326 e. The van der Waals surface area contributed by atoms with E-state index in [0.717, 1.165) is 11.3 Å². The topological polar surface area (TPSA) is 103 Å². The standard InChI is InChI=1S/C22H26N2O6/c1-15(21(26)23-13-12-16-8-10-17(28-2)11-9-16)30-20(25)14-24-22(27)18-6-4-5-7-19(18)29-3/h4-11,15H,12-14H2,1-3H3,(H,23,26)(H,24,27)/t15-/m0/s1. The molecule has 0 fully saturated rings. The molecule has 0 radical (unpaired) electrons. The molecule has 2 aromatic rings. The molecule has 30 heavy (non-hydrogen) atoms. The number of rotatable bonds is 10. The number of nitrogens with one attached hydrogen (secondary N) is 2. The van der Waals surface area contributed by atoms with Crippen LogP contribution in [0.3, 0.4) is 0 Å². The predicted octanol–water partition coefficient (Wildman–Crippen LogP) is 1.72. The third-order valence-electron chi connectivity index (χ3n) is 4.29. The van der Waals surface area contributed by atoms with Crippen molar-refractivity contribution in [3.8, 4) is 11.5 Å². The molecule has 2 N–H and O–H groups in total. The van der Waals surface area contributed by atoms with E-state index in [0.29, 0.717) is 24.3 Å². The molecule has 0 saturated heterocycles. The van der Waals surface area contributed by atoms with Crippen molar-refractivity contribution >= 4 is 17.8 Å². The Bertz CT molecular complexity index is 866. The number of methoxy groups -OCH3 is 2. The first kappa shape index (κ1) is 22.7. The number of hydrogen-bond donors (Lipinski definition) is 2. The molecule has 0 saturated carbocycles. The number of amides is 2. The Kier molecular flexibility index (Phi) is 8.68. The van der Waals surface area contributed by atoms with Gasteiger partial charge in [0.05, 0.1) is 19.8 Å². The van der Waals surface area contributed by atoms with Gasteiger partial charge in [0.1, 0.15) is 18.0 Å². The van der Waals surface area contributed by atoms with Gasteiger partial charge in [-0.3, -0.25) is 14.4 Å². The number of para-hydroxylation sites is 1. The van der Waals surface area contributed by atoms with Gasteiger partial charge in [0.25, 0.3) is 11.8 Å². The van der Waals surface area contributed by atoms with E-state index >= 15 is 0 Å². The van der Waals surface area contributed by atoms with Gasteiger partial charge in [-0.05, 0) is 43.2 Å². The maximum atomic E-state index is 12.2. The highest BCUT2D eigenvalue weighted by Crippen LogP contribution is 2.16. The van der Waals surface area contributed by atoms with E-state index in [1.807, 2.05) is 24.3 Å². The molecule has 160 valence electrons. The molecule has 2 amide bonds. The molecular formula is C22H26N2O6. The van der Waals surface area contributed by atoms with Crippen molar-refractivity contribution < 1.29 is 28.6 Å². The van der Waals surface area contributed by atoms with Gasteiger partial charge in [0.2, 0.25) is 0 Å². The number of esters is 1. The molecule has 0 aliphatic rings. The fraction of sp³-hybridized carbons (Fsp3) is 0.318. The maximum Gasteiger partial charge on any atom is 0.326 e. The van der Waals surface area contributed by atoms with Gasteiger partial charge < -0.3 is 24.8 Å². The summed E-state index contributed by atoms with van der Waals surface area (Å²) < 4.78 is 15.3. The van der Waals surface area contributed by atoms with Crippen LogP contribution in [0.1, 0.15) is 22.8 Å². The first-order valence-corrected chi connectivity index (χ1v) is 9.46. The second-order valence-electron chi connectivity index (χ2n) is 6.40. The van der Waals surface area contributed by atoms with Crippen LogP contribution in [-0.4, -0.2) is 51.2 Å². The third-order valence-corrected chi connectivity index (χ3v) is 4.29. The lowest BCUT2D eigenvalue weighted by Crippen LogP contribution is -2.39. The first-order valence-electron chi connectivity index (χ1n) is 9.46. The minimum Gasteiger partial charge on any atom is -0.497 e. The van der Waals surface area contributed by atoms with Gasteiger partial charge in [-0.15, -0.1) is 0 Å². The molecule has 2 rings (SSSR count). The van der Waals surface area contributed by atoms with E-state index in [2.05, 4.69) is 10.6 Å². The fourth-order valence-electron chi connectivity index (χ4n) is 2.64. The van der Waals surface area contributed by atoms with Crippen molar-refractivity contribution in [3.63, 3.8) is 0 Å². The summed E-state index contributed by atoms with van der Waals surface area (Å²) in [7, 11) is 3.05. The number of carbonyl (C=O) groups is 3. The Hall–Kier alpha value is -3.55. The highest BCUT2D eigenvalue weighted by atomic mass is 16.5. The molecule has 2 aromatic carbocycles. The SMILES string of the molecule is COc1ccc(CCNC(=O)[C@H](C)OC(=O)CNC(=O)c2ccccc2OC)cc1. The van der Waals surface area contributed by atoms with Crippen LogP contribution < -0.4 is 20.1 Å². The molecule has 0 heterocycles. The van der Waals surface area contributed by atoms with Crippen LogP contribution in [0.4, 0.5) is 0 Å². The molecule has 8 heteroatoms. The van der Waals surface area contributed by atoms with Crippen molar-refractivity contribution in [3.05, 3.63) is 59.7 Å². The Morgan fingerprint density at radius 2 is 1.63 bits per heavy atom. The summed E-state index contributed by atoms with van der Waals surface area (Å²) in [4.78, 5) is 36.2. The Labute approximate surface area is 175 Å². The highest BCUT2D eigenvalue weighted by Gasteiger charge is 2.19. The lowest BCUT2D eigenvalue weighted by atomic mass is 10.1. The maximum absolute atomic E-state index is 12.2. The van der Waals surface area contributed by atoms with Crippen LogP contribution >= 0.6 is 0 Å². The second kappa shape index (κ2) is 11.5. The summed E-state index contributed by atoms with van der Waals surface area (Å²) in [6, 6.07) is 14.2. The Morgan fingerprint density at radius 1 is 0.933 bits per heavy atom. The number of carbonyl (C=O) groups excluding carboxylic acids is 3. The summed E-state index contributed by atoms with van der Waals surface area (Å²) in [6.45, 7) is 1.51. The Balaban J connectivity index is 1.72. The predicted molar refractivity (Wildman–Crippen MR) is 111 cm³/mol. The van der Waals surface area contributed by atoms with Gasteiger partial charge in [-0.2, -0.15) is 0 Å². The van der Waals surface area contributed by atoms with Crippen LogP contribution in [0.15, 0.2) is 48.5 Å². The van der Waals surface area contributed by atoms with E-state index in [9.17, 15) is 14.4 Å². The van der Waals surface area contributed by atoms with Gasteiger partial charge in [0, 0.05) is 6.54 Å². The van der Waals surface area contributed by atoms with Crippen molar-refractivity contribution in [2.45, 2.75) is 19.4 Å². The van der Waals surface area contributed by atoms with E-state index in [1.54, 1.807) is 31.4 Å². The van der Waals surface area contributed by atoms with E-state index in [4.69, 9.17) is 14.2 Å². The molecule has 8 nitrogen and oxygen atoms in total. The summed E-state index contributed by atoms with van der Waals surface area (Å²) >= 11 is 0. The zero-order chi connectivity index (χ0) is 21.9. The number of ether oxygens (including phenoxy) is 3. The summed E-state index contributed by atoms with van der Waals surface area (Å²) in [5.74, 6) is -0.431. The van der Waals surface area contributed by atoms with Gasteiger partial charge in [-0.25, -0.2) is 0 Å². The largest absolute Gasteiger partial charge is 0.497 e. The molecular weight excluding hydrogens is 388 g/mol. The highest BCUT2D eigenvalue weighted by molar-refractivity contribution is 5.98. The van der Waals surface area contributed by atoms with E-state index < -0.39 is 23.9 Å². The van der Waals surface area contributed by atoms with Crippen molar-refractivity contribution in [2.24, 2.45) is 0 Å². The summed E-state index contributed by atoms with van der Waals surface area (Å²) in [6.07, 6.45) is -0.345. The van der Waals surface area contributed by atoms with Gasteiger partial charge in [-0.1, -0.05) is 24.3 Å². The zero-order valence-electron chi connectivity index (χ0n) is 17.3.